The molecule has 1 aliphatic rings. The first-order valence-electron chi connectivity index (χ1n) is 6.59. The monoisotopic (exact) mass is 319 g/mol. The molecular weight excluding hydrogens is 304 g/mol. The third-order valence-corrected chi connectivity index (χ3v) is 3.91. The van der Waals surface area contributed by atoms with Crippen LogP contribution >= 0.6 is 11.6 Å². The van der Waals surface area contributed by atoms with Gasteiger partial charge in [-0.25, -0.2) is 13.6 Å². The molecule has 5 nitrogen and oxygen atoms in total. The average Bonchev–Trinajstić information content (AvgIpc) is 2.62. The lowest BCUT2D eigenvalue weighted by molar-refractivity contribution is -0.0102. The summed E-state index contributed by atoms with van der Waals surface area (Å²) >= 11 is 5.88. The second kappa shape index (κ2) is 6.09. The lowest BCUT2D eigenvalue weighted by atomic mass is 10.1. The van der Waals surface area contributed by atoms with E-state index >= 15 is 0 Å². The zero-order valence-corrected chi connectivity index (χ0v) is 12.6. The Labute approximate surface area is 126 Å². The van der Waals surface area contributed by atoms with Crippen molar-refractivity contribution < 1.29 is 18.3 Å². The number of anilines is 1. The second-order valence-electron chi connectivity index (χ2n) is 5.00. The highest BCUT2D eigenvalue weighted by molar-refractivity contribution is 6.30. The van der Waals surface area contributed by atoms with Gasteiger partial charge in [0.25, 0.3) is 0 Å². The van der Waals surface area contributed by atoms with Crippen molar-refractivity contribution in [2.24, 2.45) is 0 Å². The molecule has 0 unspecified atom stereocenters. The Morgan fingerprint density at radius 3 is 2.71 bits per heavy atom. The molecule has 2 heterocycles. The van der Waals surface area contributed by atoms with Crippen molar-refractivity contribution in [1.82, 2.24) is 10.2 Å². The molecule has 1 aromatic rings. The number of nitrogens with zero attached hydrogens (tertiary/aromatic N) is 3. The molecule has 0 aliphatic carbocycles. The van der Waals surface area contributed by atoms with Crippen LogP contribution in [0.3, 0.4) is 0 Å². The van der Waals surface area contributed by atoms with Crippen molar-refractivity contribution in [2.45, 2.75) is 32.1 Å². The van der Waals surface area contributed by atoms with Crippen LogP contribution in [0.15, 0.2) is 0 Å². The van der Waals surface area contributed by atoms with E-state index in [4.69, 9.17) is 16.3 Å². The fourth-order valence-electron chi connectivity index (χ4n) is 2.33. The van der Waals surface area contributed by atoms with E-state index in [2.05, 4.69) is 10.2 Å². The maximum absolute atomic E-state index is 13.4. The number of hydrogen-bond acceptors (Lipinski definition) is 5. The third-order valence-electron chi connectivity index (χ3n) is 3.55. The standard InChI is InChI=1S/C13H16ClF2N3O2/c1-8-9(12(20)21-2)11(18-17-10(8)14)19-6-3-4-13(15,16)5-7-19/h3-7H2,1-2H3. The zero-order chi connectivity index (χ0) is 15.6. The quantitative estimate of drug-likeness (QED) is 0.785. The SMILES string of the molecule is COC(=O)c1c(N2CCCC(F)(F)CC2)nnc(Cl)c1C. The Hall–Kier alpha value is -1.50. The van der Waals surface area contributed by atoms with E-state index in [0.717, 1.165) is 0 Å². The highest BCUT2D eigenvalue weighted by atomic mass is 35.5. The fourth-order valence-corrected chi connectivity index (χ4v) is 2.46. The van der Waals surface area contributed by atoms with Crippen molar-refractivity contribution in [3.8, 4) is 0 Å². The summed E-state index contributed by atoms with van der Waals surface area (Å²) in [4.78, 5) is 13.6. The molecule has 0 radical (unpaired) electrons. The molecule has 1 aliphatic heterocycles. The van der Waals surface area contributed by atoms with Crippen LogP contribution in [0.4, 0.5) is 14.6 Å². The molecule has 0 saturated carbocycles. The summed E-state index contributed by atoms with van der Waals surface area (Å²) in [6.45, 7) is 2.11. The van der Waals surface area contributed by atoms with Crippen LogP contribution in [0.25, 0.3) is 0 Å². The molecule has 0 N–H and O–H groups in total. The van der Waals surface area contributed by atoms with Crippen molar-refractivity contribution in [3.05, 3.63) is 16.3 Å². The van der Waals surface area contributed by atoms with Crippen LogP contribution < -0.4 is 4.90 Å². The number of halogens is 3. The summed E-state index contributed by atoms with van der Waals surface area (Å²) in [5.41, 5.74) is 0.618. The molecular formula is C13H16ClF2N3O2. The predicted octanol–water partition coefficient (Wildman–Crippen LogP) is 2.85. The van der Waals surface area contributed by atoms with Gasteiger partial charge in [0.2, 0.25) is 5.92 Å². The van der Waals surface area contributed by atoms with Crippen LogP contribution in [0.1, 0.15) is 35.2 Å². The first-order valence-corrected chi connectivity index (χ1v) is 6.97. The molecule has 8 heteroatoms. The second-order valence-corrected chi connectivity index (χ2v) is 5.36. The first kappa shape index (κ1) is 15.9. The van der Waals surface area contributed by atoms with Gasteiger partial charge in [0.1, 0.15) is 5.56 Å². The van der Waals surface area contributed by atoms with Gasteiger partial charge in [-0.05, 0) is 13.3 Å². The van der Waals surface area contributed by atoms with Gasteiger partial charge in [-0.2, -0.15) is 0 Å². The van der Waals surface area contributed by atoms with Gasteiger partial charge in [-0.15, -0.1) is 10.2 Å². The van der Waals surface area contributed by atoms with E-state index in [1.54, 1.807) is 11.8 Å². The van der Waals surface area contributed by atoms with E-state index in [1.807, 2.05) is 0 Å². The normalized spacial score (nSPS) is 18.2. The first-order chi connectivity index (χ1) is 9.85. The molecule has 2 rings (SSSR count). The van der Waals surface area contributed by atoms with Crippen molar-refractivity contribution in [1.29, 1.82) is 0 Å². The molecule has 1 fully saturated rings. The average molecular weight is 320 g/mol. The van der Waals surface area contributed by atoms with Gasteiger partial charge in [0, 0.05) is 31.5 Å². The summed E-state index contributed by atoms with van der Waals surface area (Å²) in [6.07, 6.45) is -0.134. The van der Waals surface area contributed by atoms with Crippen molar-refractivity contribution >= 4 is 23.4 Å². The van der Waals surface area contributed by atoms with Crippen LogP contribution in [0.5, 0.6) is 0 Å². The minimum Gasteiger partial charge on any atom is -0.465 e. The maximum Gasteiger partial charge on any atom is 0.342 e. The Balaban J connectivity index is 2.39. The number of methoxy groups -OCH3 is 1. The number of ether oxygens (including phenoxy) is 1. The largest absolute Gasteiger partial charge is 0.465 e. The van der Waals surface area contributed by atoms with Crippen LogP contribution in [-0.2, 0) is 4.74 Å². The molecule has 0 bridgehead atoms. The molecule has 0 atom stereocenters. The number of aromatic nitrogens is 2. The Morgan fingerprint density at radius 1 is 1.33 bits per heavy atom. The van der Waals surface area contributed by atoms with Gasteiger partial charge in [0.05, 0.1) is 7.11 Å². The molecule has 1 aromatic heterocycles. The van der Waals surface area contributed by atoms with E-state index in [9.17, 15) is 13.6 Å². The molecule has 0 aromatic carbocycles. The minimum atomic E-state index is -2.69. The Kier molecular flexibility index (Phi) is 4.61. The fraction of sp³-hybridized carbons (Fsp3) is 0.615. The maximum atomic E-state index is 13.4. The summed E-state index contributed by atoms with van der Waals surface area (Å²) in [6, 6.07) is 0. The van der Waals surface area contributed by atoms with Crippen molar-refractivity contribution in [2.75, 3.05) is 25.1 Å². The lowest BCUT2D eigenvalue weighted by Crippen LogP contribution is -2.29. The smallest absolute Gasteiger partial charge is 0.342 e. The van der Waals surface area contributed by atoms with E-state index in [0.29, 0.717) is 18.5 Å². The lowest BCUT2D eigenvalue weighted by Gasteiger charge is -2.23. The third kappa shape index (κ3) is 3.40. The number of carbonyl (C=O) groups excluding carboxylic acids is 1. The van der Waals surface area contributed by atoms with E-state index in [1.165, 1.54) is 7.11 Å². The van der Waals surface area contributed by atoms with E-state index in [-0.39, 0.29) is 35.9 Å². The number of rotatable bonds is 2. The number of hydrogen-bond donors (Lipinski definition) is 0. The number of alkyl halides is 2. The molecule has 0 amide bonds. The highest BCUT2D eigenvalue weighted by Gasteiger charge is 2.33. The van der Waals surface area contributed by atoms with Gasteiger partial charge >= 0.3 is 5.97 Å². The van der Waals surface area contributed by atoms with Gasteiger partial charge < -0.3 is 9.64 Å². The molecule has 1 saturated heterocycles. The molecule has 116 valence electrons. The van der Waals surface area contributed by atoms with Gasteiger partial charge in [0.15, 0.2) is 11.0 Å². The summed E-state index contributed by atoms with van der Waals surface area (Å²) in [5.74, 6) is -3.04. The van der Waals surface area contributed by atoms with E-state index < -0.39 is 11.9 Å². The Morgan fingerprint density at radius 2 is 2.05 bits per heavy atom. The van der Waals surface area contributed by atoms with Crippen molar-refractivity contribution in [3.63, 3.8) is 0 Å². The topological polar surface area (TPSA) is 55.3 Å². The summed E-state index contributed by atoms with van der Waals surface area (Å²) in [5, 5.41) is 7.79. The summed E-state index contributed by atoms with van der Waals surface area (Å²) in [7, 11) is 1.25. The van der Waals surface area contributed by atoms with Crippen LogP contribution in [0.2, 0.25) is 5.15 Å². The van der Waals surface area contributed by atoms with Gasteiger partial charge in [-0.1, -0.05) is 11.6 Å². The number of carbonyl (C=O) groups is 1. The molecule has 21 heavy (non-hydrogen) atoms. The summed E-state index contributed by atoms with van der Waals surface area (Å²) < 4.78 is 31.6. The van der Waals surface area contributed by atoms with Gasteiger partial charge in [-0.3, -0.25) is 0 Å². The van der Waals surface area contributed by atoms with Crippen LogP contribution in [-0.4, -0.2) is 42.3 Å². The zero-order valence-electron chi connectivity index (χ0n) is 11.8. The van der Waals surface area contributed by atoms with Crippen LogP contribution in [0, 0.1) is 6.92 Å². The number of esters is 1. The minimum absolute atomic E-state index is 0.0966. The predicted molar refractivity (Wildman–Crippen MR) is 74.1 cm³/mol. The molecule has 0 spiro atoms. The Bertz CT molecular complexity index is 554. The highest BCUT2D eigenvalue weighted by Crippen LogP contribution is 2.32.